The fourth-order valence-corrected chi connectivity index (χ4v) is 2.62. The zero-order valence-electron chi connectivity index (χ0n) is 14.6. The van der Waals surface area contributed by atoms with E-state index < -0.39 is 0 Å². The molecule has 0 aromatic heterocycles. The van der Waals surface area contributed by atoms with Crippen molar-refractivity contribution in [1.29, 1.82) is 0 Å². The van der Waals surface area contributed by atoms with Gasteiger partial charge in [-0.3, -0.25) is 0 Å². The minimum atomic E-state index is -0.322. The van der Waals surface area contributed by atoms with E-state index in [0.717, 1.165) is 37.7 Å². The average Bonchev–Trinajstić information content (AvgIpc) is 2.66. The minimum Gasteiger partial charge on any atom is -0.396 e. The summed E-state index contributed by atoms with van der Waals surface area (Å²) in [6.07, 6.45) is 5.01. The quantitative estimate of drug-likeness (QED) is 0.491. The molecule has 0 aliphatic rings. The number of unbranched alkanes of at least 4 members (excludes halogenated alkanes) is 4. The molecule has 1 N–H and O–H groups in total. The van der Waals surface area contributed by atoms with Gasteiger partial charge in [-0.05, 0) is 30.5 Å². The molecule has 0 fully saturated rings. The molecule has 0 saturated carbocycles. The van der Waals surface area contributed by atoms with Crippen molar-refractivity contribution in [3.8, 4) is 0 Å². The zero-order chi connectivity index (χ0) is 17.7. The first kappa shape index (κ1) is 19.2. The molecule has 0 bridgehead atoms. The monoisotopic (exact) mass is 341 g/mol. The van der Waals surface area contributed by atoms with Crippen LogP contribution in [0.4, 0.5) is 0 Å². The molecule has 4 nitrogen and oxygen atoms in total. The molecular formula is C21H27NO3. The summed E-state index contributed by atoms with van der Waals surface area (Å²) in [5.74, 6) is -0.322. The Balaban J connectivity index is 1.88. The molecule has 0 spiro atoms. The molecule has 4 heteroatoms. The van der Waals surface area contributed by atoms with Crippen molar-refractivity contribution in [1.82, 2.24) is 5.06 Å². The maximum atomic E-state index is 12.3. The second-order valence-corrected chi connectivity index (χ2v) is 6.09. The highest BCUT2D eigenvalue weighted by Gasteiger charge is 2.14. The lowest BCUT2D eigenvalue weighted by atomic mass is 10.1. The van der Waals surface area contributed by atoms with Gasteiger partial charge in [0.1, 0.15) is 0 Å². The van der Waals surface area contributed by atoms with Crippen LogP contribution in [0.2, 0.25) is 0 Å². The van der Waals surface area contributed by atoms with Crippen LogP contribution in [0, 0.1) is 0 Å². The zero-order valence-corrected chi connectivity index (χ0v) is 14.6. The third-order valence-electron chi connectivity index (χ3n) is 3.99. The second kappa shape index (κ2) is 11.4. The lowest BCUT2D eigenvalue weighted by Gasteiger charge is -2.21. The van der Waals surface area contributed by atoms with Gasteiger partial charge < -0.3 is 9.94 Å². The molecule has 0 heterocycles. The number of carbonyl (C=O) groups is 1. The summed E-state index contributed by atoms with van der Waals surface area (Å²) in [5.41, 5.74) is 1.67. The number of aliphatic hydroxyl groups is 1. The molecule has 0 radical (unpaired) electrons. The Labute approximate surface area is 150 Å². The standard InChI is InChI=1S/C21H27NO3/c23-17-11-3-1-2-10-16-22(18-19-12-6-4-7-13-19)25-21(24)20-14-8-5-9-15-20/h4-9,12-15,23H,1-3,10-11,16-18H2. The lowest BCUT2D eigenvalue weighted by molar-refractivity contribution is -0.117. The van der Waals surface area contributed by atoms with Crippen LogP contribution in [0.5, 0.6) is 0 Å². The van der Waals surface area contributed by atoms with E-state index >= 15 is 0 Å². The summed E-state index contributed by atoms with van der Waals surface area (Å²) in [5, 5.41) is 10.6. The number of nitrogens with zero attached hydrogens (tertiary/aromatic N) is 1. The fourth-order valence-electron chi connectivity index (χ4n) is 2.62. The molecule has 134 valence electrons. The second-order valence-electron chi connectivity index (χ2n) is 6.09. The molecule has 2 aromatic carbocycles. The van der Waals surface area contributed by atoms with Crippen LogP contribution in [-0.2, 0) is 11.4 Å². The summed E-state index contributed by atoms with van der Waals surface area (Å²) in [4.78, 5) is 18.0. The average molecular weight is 341 g/mol. The largest absolute Gasteiger partial charge is 0.396 e. The molecule has 25 heavy (non-hydrogen) atoms. The van der Waals surface area contributed by atoms with Gasteiger partial charge in [0.15, 0.2) is 0 Å². The number of carbonyl (C=O) groups excluding carboxylic acids is 1. The van der Waals surface area contributed by atoms with Crippen molar-refractivity contribution >= 4 is 5.97 Å². The summed E-state index contributed by atoms with van der Waals surface area (Å²) in [6, 6.07) is 19.1. The molecule has 0 saturated heterocycles. The fraction of sp³-hybridized carbons (Fsp3) is 0.381. The highest BCUT2D eigenvalue weighted by molar-refractivity contribution is 5.89. The smallest absolute Gasteiger partial charge is 0.357 e. The molecule has 0 atom stereocenters. The molecule has 0 unspecified atom stereocenters. The Morgan fingerprint density at radius 1 is 0.840 bits per heavy atom. The summed E-state index contributed by atoms with van der Waals surface area (Å²) in [7, 11) is 0. The van der Waals surface area contributed by atoms with Crippen LogP contribution in [0.3, 0.4) is 0 Å². The Morgan fingerprint density at radius 3 is 2.12 bits per heavy atom. The van der Waals surface area contributed by atoms with Gasteiger partial charge in [-0.1, -0.05) is 67.8 Å². The highest BCUT2D eigenvalue weighted by Crippen LogP contribution is 2.11. The number of benzene rings is 2. The number of rotatable bonds is 11. The topological polar surface area (TPSA) is 49.8 Å². The maximum absolute atomic E-state index is 12.3. The van der Waals surface area contributed by atoms with Gasteiger partial charge >= 0.3 is 5.97 Å². The maximum Gasteiger partial charge on any atom is 0.357 e. The first-order chi connectivity index (χ1) is 12.3. The predicted octanol–water partition coefficient (Wildman–Crippen LogP) is 4.20. The van der Waals surface area contributed by atoms with Gasteiger partial charge in [0.25, 0.3) is 0 Å². The summed E-state index contributed by atoms with van der Waals surface area (Å²) < 4.78 is 0. The molecular weight excluding hydrogens is 314 g/mol. The number of hydroxylamine groups is 2. The van der Waals surface area contributed by atoms with E-state index in [2.05, 4.69) is 0 Å². The van der Waals surface area contributed by atoms with Crippen molar-refractivity contribution in [3.63, 3.8) is 0 Å². The van der Waals surface area contributed by atoms with E-state index in [1.165, 1.54) is 0 Å². The van der Waals surface area contributed by atoms with E-state index in [-0.39, 0.29) is 12.6 Å². The summed E-state index contributed by atoms with van der Waals surface area (Å²) in [6.45, 7) is 1.54. The SMILES string of the molecule is O=C(ON(CCCCCCCO)Cc1ccccc1)c1ccccc1. The number of hydrogen-bond donors (Lipinski definition) is 1. The molecule has 0 amide bonds. The van der Waals surface area contributed by atoms with Crippen LogP contribution >= 0.6 is 0 Å². The van der Waals surface area contributed by atoms with E-state index in [0.29, 0.717) is 18.7 Å². The van der Waals surface area contributed by atoms with E-state index in [9.17, 15) is 4.79 Å². The van der Waals surface area contributed by atoms with Crippen molar-refractivity contribution in [2.45, 2.75) is 38.6 Å². The van der Waals surface area contributed by atoms with Gasteiger partial charge in [-0.2, -0.15) is 0 Å². The minimum absolute atomic E-state index is 0.259. The van der Waals surface area contributed by atoms with Crippen LogP contribution in [0.1, 0.15) is 48.0 Å². The Morgan fingerprint density at radius 2 is 1.44 bits per heavy atom. The first-order valence-corrected chi connectivity index (χ1v) is 8.96. The van der Waals surface area contributed by atoms with Crippen molar-refractivity contribution < 1.29 is 14.7 Å². The van der Waals surface area contributed by atoms with Crippen LogP contribution in [0.15, 0.2) is 60.7 Å². The highest BCUT2D eigenvalue weighted by atomic mass is 16.7. The number of hydrogen-bond acceptors (Lipinski definition) is 4. The van der Waals surface area contributed by atoms with Crippen molar-refractivity contribution in [3.05, 3.63) is 71.8 Å². The van der Waals surface area contributed by atoms with Gasteiger partial charge in [-0.25, -0.2) is 4.79 Å². The van der Waals surface area contributed by atoms with E-state index in [1.807, 2.05) is 48.5 Å². The molecule has 2 aromatic rings. The van der Waals surface area contributed by atoms with E-state index in [4.69, 9.17) is 9.94 Å². The predicted molar refractivity (Wildman–Crippen MR) is 98.9 cm³/mol. The molecule has 0 aliphatic carbocycles. The van der Waals surface area contributed by atoms with Gasteiger partial charge in [0, 0.05) is 13.2 Å². The Hall–Kier alpha value is -2.17. The Kier molecular flexibility index (Phi) is 8.73. The summed E-state index contributed by atoms with van der Waals surface area (Å²) >= 11 is 0. The molecule has 0 aliphatic heterocycles. The van der Waals surface area contributed by atoms with Gasteiger partial charge in [0.2, 0.25) is 0 Å². The van der Waals surface area contributed by atoms with Gasteiger partial charge in [-0.15, -0.1) is 5.06 Å². The van der Waals surface area contributed by atoms with Crippen LogP contribution in [-0.4, -0.2) is 29.3 Å². The Bertz CT molecular complexity index is 601. The first-order valence-electron chi connectivity index (χ1n) is 8.96. The van der Waals surface area contributed by atoms with Gasteiger partial charge in [0.05, 0.1) is 12.1 Å². The van der Waals surface area contributed by atoms with Crippen molar-refractivity contribution in [2.75, 3.05) is 13.2 Å². The van der Waals surface area contributed by atoms with E-state index in [1.54, 1.807) is 17.2 Å². The third kappa shape index (κ3) is 7.50. The van der Waals surface area contributed by atoms with Crippen molar-refractivity contribution in [2.24, 2.45) is 0 Å². The van der Waals surface area contributed by atoms with Crippen LogP contribution in [0.25, 0.3) is 0 Å². The lowest BCUT2D eigenvalue weighted by Crippen LogP contribution is -2.28. The number of aliphatic hydroxyl groups excluding tert-OH is 1. The normalized spacial score (nSPS) is 10.8. The van der Waals surface area contributed by atoms with Crippen LogP contribution < -0.4 is 0 Å². The molecule has 2 rings (SSSR count). The third-order valence-corrected chi connectivity index (χ3v) is 3.99.